The third-order valence-corrected chi connectivity index (χ3v) is 3.87. The van der Waals surface area contributed by atoms with Gasteiger partial charge in [-0.15, -0.1) is 0 Å². The lowest BCUT2D eigenvalue weighted by Gasteiger charge is -2.15. The van der Waals surface area contributed by atoms with Crippen molar-refractivity contribution in [3.8, 4) is 11.4 Å². The zero-order valence-electron chi connectivity index (χ0n) is 13.3. The fraction of sp³-hybridized carbons (Fsp3) is 0.412. The van der Waals surface area contributed by atoms with E-state index in [1.807, 2.05) is 13.8 Å². The number of hydrogen-bond donors (Lipinski definition) is 0. The predicted molar refractivity (Wildman–Crippen MR) is 83.1 cm³/mol. The summed E-state index contributed by atoms with van der Waals surface area (Å²) < 4.78 is 25.9. The number of fused-ring (bicyclic) bond motifs is 1. The van der Waals surface area contributed by atoms with Crippen LogP contribution < -0.4 is 16.1 Å². The second-order valence-corrected chi connectivity index (χ2v) is 6.00. The molecule has 0 atom stereocenters. The highest BCUT2D eigenvalue weighted by Crippen LogP contribution is 2.25. The van der Waals surface area contributed by atoms with Gasteiger partial charge in [0.05, 0.1) is 17.4 Å². The van der Waals surface area contributed by atoms with Crippen molar-refractivity contribution in [2.24, 2.45) is 0 Å². The molecule has 0 fully saturated rings. The van der Waals surface area contributed by atoms with Crippen LogP contribution in [0.1, 0.15) is 37.2 Å². The van der Waals surface area contributed by atoms with Gasteiger partial charge in [-0.05, 0) is 45.2 Å². The number of halogens is 1. The van der Waals surface area contributed by atoms with Crippen LogP contribution in [0.15, 0.2) is 26.1 Å². The average Bonchev–Trinajstić information content (AvgIpc) is 2.91. The second-order valence-electron chi connectivity index (χ2n) is 6.00. The van der Waals surface area contributed by atoms with E-state index in [-0.39, 0.29) is 11.8 Å². The second kappa shape index (κ2) is 5.68. The molecule has 0 amide bonds. The number of rotatable bonds is 3. The van der Waals surface area contributed by atoms with Gasteiger partial charge in [-0.25, -0.2) is 13.8 Å². The summed E-state index contributed by atoms with van der Waals surface area (Å²) in [5, 5.41) is 0. The summed E-state index contributed by atoms with van der Waals surface area (Å²) in [6, 6.07) is 2.64. The van der Waals surface area contributed by atoms with Gasteiger partial charge in [0, 0.05) is 12.5 Å². The molecule has 3 rings (SSSR count). The zero-order valence-corrected chi connectivity index (χ0v) is 13.3. The molecular formula is C17H18FNO4. The van der Waals surface area contributed by atoms with Gasteiger partial charge in [-0.3, -0.25) is 4.79 Å². The molecule has 0 spiro atoms. The molecule has 122 valence electrons. The molecule has 0 N–H and O–H groups in total. The van der Waals surface area contributed by atoms with Crippen LogP contribution in [0.3, 0.4) is 0 Å². The van der Waals surface area contributed by atoms with Crippen LogP contribution in [0, 0.1) is 12.7 Å². The van der Waals surface area contributed by atoms with Crippen LogP contribution in [-0.4, -0.2) is 10.7 Å². The Labute approximate surface area is 132 Å². The Morgan fingerprint density at radius 3 is 2.70 bits per heavy atom. The fourth-order valence-corrected chi connectivity index (χ4v) is 2.83. The number of benzene rings is 1. The minimum Gasteiger partial charge on any atom is -0.491 e. The minimum atomic E-state index is -0.867. The Morgan fingerprint density at radius 2 is 2.00 bits per heavy atom. The molecule has 5 nitrogen and oxygen atoms in total. The smallest absolute Gasteiger partial charge is 0.426 e. The number of ether oxygens (including phenoxy) is 1. The quantitative estimate of drug-likeness (QED) is 0.872. The normalized spacial score (nSPS) is 13.4. The van der Waals surface area contributed by atoms with Gasteiger partial charge in [0.1, 0.15) is 17.3 Å². The lowest BCUT2D eigenvalue weighted by atomic mass is 10.2. The molecule has 0 unspecified atom stereocenters. The summed E-state index contributed by atoms with van der Waals surface area (Å²) in [7, 11) is 0. The van der Waals surface area contributed by atoms with Crippen LogP contribution in [-0.2, 0) is 12.8 Å². The van der Waals surface area contributed by atoms with E-state index >= 15 is 0 Å². The molecular weight excluding hydrogens is 301 g/mol. The number of nitrogens with zero attached hydrogens (tertiary/aromatic N) is 1. The van der Waals surface area contributed by atoms with E-state index in [2.05, 4.69) is 0 Å². The molecule has 1 aromatic carbocycles. The minimum absolute atomic E-state index is 0.111. The monoisotopic (exact) mass is 319 g/mol. The first kappa shape index (κ1) is 15.5. The van der Waals surface area contributed by atoms with E-state index in [1.54, 1.807) is 6.92 Å². The first-order chi connectivity index (χ1) is 10.9. The van der Waals surface area contributed by atoms with Gasteiger partial charge in [-0.2, -0.15) is 0 Å². The van der Waals surface area contributed by atoms with E-state index in [0.717, 1.165) is 11.0 Å². The van der Waals surface area contributed by atoms with Crippen molar-refractivity contribution in [3.63, 3.8) is 0 Å². The molecule has 0 aliphatic heterocycles. The van der Waals surface area contributed by atoms with Gasteiger partial charge >= 0.3 is 5.76 Å². The fourth-order valence-electron chi connectivity index (χ4n) is 2.83. The molecule has 0 saturated carbocycles. The Balaban J connectivity index is 2.24. The third kappa shape index (κ3) is 2.69. The van der Waals surface area contributed by atoms with Gasteiger partial charge in [-0.1, -0.05) is 0 Å². The maximum absolute atomic E-state index is 14.4. The van der Waals surface area contributed by atoms with Gasteiger partial charge in [0.25, 0.3) is 5.56 Å². The van der Waals surface area contributed by atoms with Crippen molar-refractivity contribution in [1.29, 1.82) is 0 Å². The first-order valence-corrected chi connectivity index (χ1v) is 7.63. The Hall–Kier alpha value is -2.37. The van der Waals surface area contributed by atoms with E-state index in [1.165, 1.54) is 12.1 Å². The highest BCUT2D eigenvalue weighted by atomic mass is 19.1. The Kier molecular flexibility index (Phi) is 3.83. The SMILES string of the molecule is Cc1cc(F)c(-n2c(=O)oc3c(c2=O)CCC3)cc1OC(C)C. The highest BCUT2D eigenvalue weighted by Gasteiger charge is 2.23. The van der Waals surface area contributed by atoms with Crippen LogP contribution in [0.5, 0.6) is 5.75 Å². The first-order valence-electron chi connectivity index (χ1n) is 7.63. The predicted octanol–water partition coefficient (Wildman–Crippen LogP) is 2.51. The molecule has 1 aliphatic carbocycles. The van der Waals surface area contributed by atoms with E-state index in [0.29, 0.717) is 35.5 Å². The summed E-state index contributed by atoms with van der Waals surface area (Å²) >= 11 is 0. The third-order valence-electron chi connectivity index (χ3n) is 3.87. The van der Waals surface area contributed by atoms with E-state index in [4.69, 9.17) is 9.15 Å². The summed E-state index contributed by atoms with van der Waals surface area (Å²) in [5.74, 6) is -0.675. The van der Waals surface area contributed by atoms with Crippen molar-refractivity contribution in [3.05, 3.63) is 55.7 Å². The van der Waals surface area contributed by atoms with Crippen LogP contribution in [0.2, 0.25) is 0 Å². The molecule has 2 aromatic rings. The maximum Gasteiger partial charge on any atom is 0.426 e. The molecule has 6 heteroatoms. The Bertz CT molecular complexity index is 879. The molecule has 0 saturated heterocycles. The molecule has 0 bridgehead atoms. The van der Waals surface area contributed by atoms with Crippen LogP contribution in [0.25, 0.3) is 5.69 Å². The van der Waals surface area contributed by atoms with Gasteiger partial charge in [0.2, 0.25) is 0 Å². The Morgan fingerprint density at radius 1 is 1.26 bits per heavy atom. The van der Waals surface area contributed by atoms with E-state index in [9.17, 15) is 14.0 Å². The van der Waals surface area contributed by atoms with Crippen molar-refractivity contribution in [1.82, 2.24) is 4.57 Å². The lowest BCUT2D eigenvalue weighted by Crippen LogP contribution is -2.34. The average molecular weight is 319 g/mol. The molecule has 23 heavy (non-hydrogen) atoms. The summed E-state index contributed by atoms with van der Waals surface area (Å²) in [5.41, 5.74) is 0.404. The summed E-state index contributed by atoms with van der Waals surface area (Å²) in [6.45, 7) is 5.40. The topological polar surface area (TPSA) is 61.4 Å². The summed E-state index contributed by atoms with van der Waals surface area (Å²) in [6.07, 6.45) is 1.76. The van der Waals surface area contributed by atoms with Crippen molar-refractivity contribution in [2.75, 3.05) is 0 Å². The number of aromatic nitrogens is 1. The van der Waals surface area contributed by atoms with Gasteiger partial charge in [0.15, 0.2) is 0 Å². The maximum atomic E-state index is 14.4. The van der Waals surface area contributed by atoms with Crippen molar-refractivity contribution >= 4 is 0 Å². The lowest BCUT2D eigenvalue weighted by molar-refractivity contribution is 0.240. The molecule has 1 aliphatic rings. The van der Waals surface area contributed by atoms with Crippen LogP contribution in [0.4, 0.5) is 4.39 Å². The number of aryl methyl sites for hydroxylation is 2. The standard InChI is InChI=1S/C17H18FNO4/c1-9(2)22-15-8-13(12(18)7-10(15)3)19-16(20)11-5-4-6-14(11)23-17(19)21/h7-9H,4-6H2,1-3H3. The largest absolute Gasteiger partial charge is 0.491 e. The molecule has 0 radical (unpaired) electrons. The highest BCUT2D eigenvalue weighted by molar-refractivity contribution is 5.46. The zero-order chi connectivity index (χ0) is 16.7. The van der Waals surface area contributed by atoms with E-state index < -0.39 is 17.1 Å². The number of hydrogen-bond acceptors (Lipinski definition) is 4. The van der Waals surface area contributed by atoms with Crippen molar-refractivity contribution < 1.29 is 13.5 Å². The van der Waals surface area contributed by atoms with Gasteiger partial charge < -0.3 is 9.15 Å². The van der Waals surface area contributed by atoms with Crippen molar-refractivity contribution in [2.45, 2.75) is 46.1 Å². The summed E-state index contributed by atoms with van der Waals surface area (Å²) in [4.78, 5) is 24.7. The van der Waals surface area contributed by atoms with Crippen LogP contribution >= 0.6 is 0 Å². The molecule has 1 heterocycles. The molecule has 1 aromatic heterocycles.